The predicted molar refractivity (Wildman–Crippen MR) is 57.1 cm³/mol. The summed E-state index contributed by atoms with van der Waals surface area (Å²) in [5, 5.41) is 8.38. The lowest BCUT2D eigenvalue weighted by Gasteiger charge is -2.11. The number of hydrogen-bond acceptors (Lipinski definition) is 4. The molecule has 0 atom stereocenters. The summed E-state index contributed by atoms with van der Waals surface area (Å²) in [5.41, 5.74) is 6.26. The largest absolute Gasteiger partial charge is 0.479 e. The summed E-state index contributed by atoms with van der Waals surface area (Å²) in [7, 11) is 0. The van der Waals surface area contributed by atoms with Crippen molar-refractivity contribution in [3.05, 3.63) is 18.0 Å². The van der Waals surface area contributed by atoms with Crippen LogP contribution in [0.5, 0.6) is 0 Å². The van der Waals surface area contributed by atoms with E-state index < -0.39 is 18.5 Å². The van der Waals surface area contributed by atoms with E-state index in [0.717, 1.165) is 0 Å². The van der Waals surface area contributed by atoms with Crippen molar-refractivity contribution in [2.45, 2.75) is 19.9 Å². The number of nitrogen functional groups attached to an aromatic ring is 1. The second-order valence-corrected chi connectivity index (χ2v) is 3.63. The highest BCUT2D eigenvalue weighted by molar-refractivity contribution is 5.90. The number of anilines is 1. The molecule has 0 fully saturated rings. The van der Waals surface area contributed by atoms with Crippen molar-refractivity contribution in [2.75, 3.05) is 12.3 Å². The lowest BCUT2D eigenvalue weighted by atomic mass is 10.3. The summed E-state index contributed by atoms with van der Waals surface area (Å²) in [5.74, 6) is -1.88. The zero-order valence-corrected chi connectivity index (χ0v) is 9.14. The van der Waals surface area contributed by atoms with E-state index >= 15 is 0 Å². The van der Waals surface area contributed by atoms with E-state index in [-0.39, 0.29) is 11.7 Å². The minimum Gasteiger partial charge on any atom is -0.479 e. The summed E-state index contributed by atoms with van der Waals surface area (Å²) in [4.78, 5) is 21.8. The Bertz CT molecular complexity index is 409. The van der Waals surface area contributed by atoms with E-state index in [4.69, 9.17) is 10.8 Å². The fraction of sp³-hybridized carbons (Fsp3) is 0.400. The van der Waals surface area contributed by atoms with E-state index in [1.807, 2.05) is 13.8 Å². The number of carbonyl (C=O) groups excluding carboxylic acids is 1. The number of esters is 1. The van der Waals surface area contributed by atoms with Crippen LogP contribution in [-0.4, -0.2) is 28.2 Å². The Morgan fingerprint density at radius 3 is 2.69 bits per heavy atom. The van der Waals surface area contributed by atoms with Gasteiger partial charge in [0.05, 0.1) is 5.69 Å². The van der Waals surface area contributed by atoms with Crippen molar-refractivity contribution >= 4 is 17.6 Å². The summed E-state index contributed by atoms with van der Waals surface area (Å²) in [6, 6.07) is 1.51. The number of nitrogens with zero attached hydrogens (tertiary/aromatic N) is 1. The minimum atomic E-state index is -1.19. The van der Waals surface area contributed by atoms with Crippen LogP contribution < -0.4 is 5.73 Å². The molecule has 16 heavy (non-hydrogen) atoms. The van der Waals surface area contributed by atoms with Gasteiger partial charge in [0.2, 0.25) is 0 Å². The van der Waals surface area contributed by atoms with Crippen LogP contribution in [-0.2, 0) is 9.53 Å². The monoisotopic (exact) mass is 226 g/mol. The Kier molecular flexibility index (Phi) is 3.55. The number of hydrogen-bond donors (Lipinski definition) is 2. The average Bonchev–Trinajstić information content (AvgIpc) is 2.56. The quantitative estimate of drug-likeness (QED) is 0.743. The highest BCUT2D eigenvalue weighted by Gasteiger charge is 2.16. The number of aliphatic carboxylic acids is 1. The predicted octanol–water partition coefficient (Wildman–Crippen LogP) is 0.893. The Morgan fingerprint density at radius 1 is 1.56 bits per heavy atom. The molecule has 0 amide bonds. The number of carboxylic acid groups (broad SMARTS) is 1. The van der Waals surface area contributed by atoms with Crippen molar-refractivity contribution in [1.29, 1.82) is 0 Å². The maximum Gasteiger partial charge on any atom is 0.355 e. The summed E-state index contributed by atoms with van der Waals surface area (Å²) in [6.07, 6.45) is 1.61. The third kappa shape index (κ3) is 2.75. The van der Waals surface area contributed by atoms with Crippen LogP contribution in [0.2, 0.25) is 0 Å². The molecule has 0 unspecified atom stereocenters. The van der Waals surface area contributed by atoms with Gasteiger partial charge in [0.1, 0.15) is 5.69 Å². The number of rotatable bonds is 4. The van der Waals surface area contributed by atoms with Gasteiger partial charge in [0.15, 0.2) is 6.61 Å². The van der Waals surface area contributed by atoms with Crippen LogP contribution in [0, 0.1) is 0 Å². The van der Waals surface area contributed by atoms with Gasteiger partial charge in [-0.15, -0.1) is 0 Å². The molecule has 0 aliphatic carbocycles. The molecule has 0 aliphatic rings. The normalized spacial score (nSPS) is 10.4. The van der Waals surface area contributed by atoms with Gasteiger partial charge in [0.25, 0.3) is 0 Å². The number of aromatic nitrogens is 1. The van der Waals surface area contributed by atoms with E-state index in [1.165, 1.54) is 6.07 Å². The van der Waals surface area contributed by atoms with E-state index in [9.17, 15) is 9.59 Å². The highest BCUT2D eigenvalue weighted by Crippen LogP contribution is 2.17. The first kappa shape index (κ1) is 12.1. The lowest BCUT2D eigenvalue weighted by molar-refractivity contribution is -0.140. The number of nitrogens with two attached hydrogens (primary N) is 1. The smallest absolute Gasteiger partial charge is 0.355 e. The number of carbonyl (C=O) groups is 2. The zero-order valence-electron chi connectivity index (χ0n) is 9.14. The molecule has 0 aromatic carbocycles. The Morgan fingerprint density at radius 2 is 2.19 bits per heavy atom. The molecule has 3 N–H and O–H groups in total. The van der Waals surface area contributed by atoms with Crippen LogP contribution in [0.15, 0.2) is 12.3 Å². The Labute approximate surface area is 92.6 Å². The van der Waals surface area contributed by atoms with Crippen LogP contribution in [0.25, 0.3) is 0 Å². The molecule has 1 rings (SSSR count). The third-order valence-electron chi connectivity index (χ3n) is 1.96. The van der Waals surface area contributed by atoms with Gasteiger partial charge in [-0.3, -0.25) is 0 Å². The first-order valence-corrected chi connectivity index (χ1v) is 4.78. The van der Waals surface area contributed by atoms with Gasteiger partial charge >= 0.3 is 11.9 Å². The van der Waals surface area contributed by atoms with E-state index in [2.05, 4.69) is 4.74 Å². The fourth-order valence-electron chi connectivity index (χ4n) is 1.29. The molecule has 1 aromatic rings. The second kappa shape index (κ2) is 4.69. The maximum absolute atomic E-state index is 11.5. The van der Waals surface area contributed by atoms with Gasteiger partial charge in [-0.1, -0.05) is 0 Å². The molecule has 1 heterocycles. The molecule has 6 heteroatoms. The summed E-state index contributed by atoms with van der Waals surface area (Å²) >= 11 is 0. The molecule has 0 radical (unpaired) electrons. The molecular weight excluding hydrogens is 212 g/mol. The zero-order chi connectivity index (χ0) is 12.3. The highest BCUT2D eigenvalue weighted by atomic mass is 16.5. The maximum atomic E-state index is 11.5. The van der Waals surface area contributed by atoms with E-state index in [1.54, 1.807) is 10.8 Å². The van der Waals surface area contributed by atoms with Crippen LogP contribution in [0.3, 0.4) is 0 Å². The van der Waals surface area contributed by atoms with Gasteiger partial charge in [-0.25, -0.2) is 9.59 Å². The molecular formula is C10H14N2O4. The lowest BCUT2D eigenvalue weighted by Crippen LogP contribution is -2.17. The Balaban J connectivity index is 2.86. The van der Waals surface area contributed by atoms with Gasteiger partial charge < -0.3 is 20.1 Å². The van der Waals surface area contributed by atoms with Gasteiger partial charge in [0, 0.05) is 12.2 Å². The van der Waals surface area contributed by atoms with Crippen molar-refractivity contribution < 1.29 is 19.4 Å². The third-order valence-corrected chi connectivity index (χ3v) is 1.96. The first-order chi connectivity index (χ1) is 7.41. The van der Waals surface area contributed by atoms with Crippen molar-refractivity contribution in [2.24, 2.45) is 0 Å². The number of ether oxygens (including phenoxy) is 1. The van der Waals surface area contributed by atoms with Crippen molar-refractivity contribution in [3.63, 3.8) is 0 Å². The molecule has 6 nitrogen and oxygen atoms in total. The molecule has 0 saturated heterocycles. The van der Waals surface area contributed by atoms with Gasteiger partial charge in [-0.05, 0) is 19.9 Å². The molecule has 1 aromatic heterocycles. The van der Waals surface area contributed by atoms with Crippen LogP contribution >= 0.6 is 0 Å². The molecule has 0 aliphatic heterocycles. The van der Waals surface area contributed by atoms with Crippen LogP contribution in [0.4, 0.5) is 5.69 Å². The summed E-state index contributed by atoms with van der Waals surface area (Å²) < 4.78 is 6.22. The summed E-state index contributed by atoms with van der Waals surface area (Å²) in [6.45, 7) is 3.11. The fourth-order valence-corrected chi connectivity index (χ4v) is 1.29. The first-order valence-electron chi connectivity index (χ1n) is 4.78. The topological polar surface area (TPSA) is 94.5 Å². The second-order valence-electron chi connectivity index (χ2n) is 3.63. The minimum absolute atomic E-state index is 0.0460. The van der Waals surface area contributed by atoms with E-state index in [0.29, 0.717) is 5.69 Å². The molecule has 0 bridgehead atoms. The Hall–Kier alpha value is -1.98. The molecule has 0 saturated carbocycles. The van der Waals surface area contributed by atoms with Crippen molar-refractivity contribution in [3.8, 4) is 0 Å². The SMILES string of the molecule is CC(C)n1cc(N)cc1C(=O)OCC(=O)O. The standard InChI is InChI=1S/C10H14N2O4/c1-6(2)12-4-7(11)3-8(12)10(15)16-5-9(13)14/h3-4,6H,5,11H2,1-2H3,(H,13,14). The molecule has 88 valence electrons. The van der Waals surface area contributed by atoms with Crippen LogP contribution in [0.1, 0.15) is 30.4 Å². The van der Waals surface area contributed by atoms with Gasteiger partial charge in [-0.2, -0.15) is 0 Å². The number of carboxylic acids is 1. The van der Waals surface area contributed by atoms with Crippen molar-refractivity contribution in [1.82, 2.24) is 4.57 Å². The average molecular weight is 226 g/mol. The molecule has 0 spiro atoms.